The summed E-state index contributed by atoms with van der Waals surface area (Å²) in [6.07, 6.45) is 3.64. The van der Waals surface area contributed by atoms with Gasteiger partial charge in [-0.25, -0.2) is 9.07 Å². The van der Waals surface area contributed by atoms with Crippen molar-refractivity contribution in [2.75, 3.05) is 18.4 Å². The molecule has 1 amide bonds. The molecule has 3 aromatic rings. The molecule has 1 aromatic heterocycles. The minimum absolute atomic E-state index is 0. The largest absolute Gasteiger partial charge is 0.489 e. The normalized spacial score (nSPS) is 14.0. The van der Waals surface area contributed by atoms with Crippen LogP contribution in [0, 0.1) is 5.82 Å². The van der Waals surface area contributed by atoms with E-state index < -0.39 is 0 Å². The summed E-state index contributed by atoms with van der Waals surface area (Å²) in [6, 6.07) is 13.6. The molecule has 2 N–H and O–H groups in total. The zero-order valence-electron chi connectivity index (χ0n) is 16.3. The zero-order chi connectivity index (χ0) is 20.1. The molecule has 1 aliphatic heterocycles. The molecule has 4 rings (SSSR count). The Kier molecular flexibility index (Phi) is 7.37. The van der Waals surface area contributed by atoms with Crippen molar-refractivity contribution in [3.8, 4) is 5.75 Å². The number of hydrogen-bond acceptors (Lipinski definition) is 5. The summed E-state index contributed by atoms with van der Waals surface area (Å²) in [5.74, 6) is -0.205. The van der Waals surface area contributed by atoms with Crippen LogP contribution in [0.3, 0.4) is 0 Å². The van der Waals surface area contributed by atoms with E-state index >= 15 is 0 Å². The average molecular weight is 432 g/mol. The van der Waals surface area contributed by atoms with Crippen molar-refractivity contribution >= 4 is 24.0 Å². The third-order valence-corrected chi connectivity index (χ3v) is 4.81. The molecule has 0 unspecified atom stereocenters. The molecule has 1 aliphatic rings. The highest BCUT2D eigenvalue weighted by Crippen LogP contribution is 2.19. The molecule has 0 aliphatic carbocycles. The Hall–Kier alpha value is -2.97. The van der Waals surface area contributed by atoms with Crippen LogP contribution in [0.2, 0.25) is 0 Å². The Labute approximate surface area is 180 Å². The van der Waals surface area contributed by atoms with Gasteiger partial charge in [0.05, 0.1) is 12.2 Å². The molecular weight excluding hydrogens is 409 g/mol. The SMILES string of the molecule is Cl.O=C(Nc1cccc(COc2cccc(F)c2)c1)c1cn(C2CCNCC2)nn1. The van der Waals surface area contributed by atoms with Gasteiger partial charge in [0, 0.05) is 11.8 Å². The Morgan fingerprint density at radius 2 is 2.00 bits per heavy atom. The van der Waals surface area contributed by atoms with Crippen molar-refractivity contribution in [2.45, 2.75) is 25.5 Å². The maximum absolute atomic E-state index is 13.2. The highest BCUT2D eigenvalue weighted by molar-refractivity contribution is 6.02. The summed E-state index contributed by atoms with van der Waals surface area (Å²) in [6.45, 7) is 2.14. The number of aromatic nitrogens is 3. The lowest BCUT2D eigenvalue weighted by Gasteiger charge is -2.22. The molecule has 1 saturated heterocycles. The second kappa shape index (κ2) is 10.2. The number of carbonyl (C=O) groups excluding carboxylic acids is 1. The van der Waals surface area contributed by atoms with Gasteiger partial charge in [0.2, 0.25) is 0 Å². The number of amides is 1. The summed E-state index contributed by atoms with van der Waals surface area (Å²) < 4.78 is 20.6. The fourth-order valence-corrected chi connectivity index (χ4v) is 3.29. The van der Waals surface area contributed by atoms with E-state index in [9.17, 15) is 9.18 Å². The first-order valence-corrected chi connectivity index (χ1v) is 9.58. The van der Waals surface area contributed by atoms with E-state index in [-0.39, 0.29) is 42.5 Å². The van der Waals surface area contributed by atoms with Gasteiger partial charge in [0.25, 0.3) is 5.91 Å². The molecule has 2 heterocycles. The molecule has 0 bridgehead atoms. The molecule has 2 aromatic carbocycles. The lowest BCUT2D eigenvalue weighted by Crippen LogP contribution is -2.29. The van der Waals surface area contributed by atoms with Gasteiger partial charge < -0.3 is 15.4 Å². The first-order chi connectivity index (χ1) is 14.2. The van der Waals surface area contributed by atoms with Crippen LogP contribution in [0.1, 0.15) is 34.9 Å². The lowest BCUT2D eigenvalue weighted by atomic mass is 10.1. The molecular formula is C21H23ClFN5O2. The van der Waals surface area contributed by atoms with Crippen LogP contribution in [0.5, 0.6) is 5.75 Å². The smallest absolute Gasteiger partial charge is 0.277 e. The van der Waals surface area contributed by atoms with Gasteiger partial charge in [-0.3, -0.25) is 4.79 Å². The summed E-state index contributed by atoms with van der Waals surface area (Å²) in [5, 5.41) is 14.3. The molecule has 1 fully saturated rings. The molecule has 9 heteroatoms. The Morgan fingerprint density at radius 1 is 1.20 bits per heavy atom. The van der Waals surface area contributed by atoms with E-state index in [0.717, 1.165) is 31.5 Å². The van der Waals surface area contributed by atoms with E-state index in [1.165, 1.54) is 12.1 Å². The van der Waals surface area contributed by atoms with Crippen LogP contribution in [-0.4, -0.2) is 34.0 Å². The fraction of sp³-hybridized carbons (Fsp3) is 0.286. The predicted octanol–water partition coefficient (Wildman–Crippen LogP) is 3.59. The Bertz CT molecular complexity index is 991. The Balaban J connectivity index is 0.00000256. The Morgan fingerprint density at radius 3 is 2.80 bits per heavy atom. The second-order valence-corrected chi connectivity index (χ2v) is 6.97. The van der Waals surface area contributed by atoms with Crippen LogP contribution in [0.25, 0.3) is 0 Å². The summed E-state index contributed by atoms with van der Waals surface area (Å²) in [4.78, 5) is 12.5. The van der Waals surface area contributed by atoms with E-state index in [1.807, 2.05) is 18.2 Å². The summed E-state index contributed by atoms with van der Waals surface area (Å²) in [7, 11) is 0. The third-order valence-electron chi connectivity index (χ3n) is 4.81. The number of piperidine rings is 1. The van der Waals surface area contributed by atoms with Crippen molar-refractivity contribution in [3.05, 3.63) is 71.8 Å². The monoisotopic (exact) mass is 431 g/mol. The highest BCUT2D eigenvalue weighted by Gasteiger charge is 2.18. The van der Waals surface area contributed by atoms with Gasteiger partial charge >= 0.3 is 0 Å². The second-order valence-electron chi connectivity index (χ2n) is 6.97. The number of nitrogens with zero attached hydrogens (tertiary/aromatic N) is 3. The van der Waals surface area contributed by atoms with Crippen LogP contribution in [0.4, 0.5) is 10.1 Å². The maximum Gasteiger partial charge on any atom is 0.277 e. The van der Waals surface area contributed by atoms with Gasteiger partial charge in [-0.05, 0) is 55.8 Å². The van der Waals surface area contributed by atoms with Gasteiger partial charge in [0.15, 0.2) is 5.69 Å². The minimum atomic E-state index is -0.346. The minimum Gasteiger partial charge on any atom is -0.489 e. The van der Waals surface area contributed by atoms with Gasteiger partial charge in [0.1, 0.15) is 18.2 Å². The van der Waals surface area contributed by atoms with Crippen molar-refractivity contribution in [1.82, 2.24) is 20.3 Å². The number of nitrogens with one attached hydrogen (secondary N) is 2. The first kappa shape index (κ1) is 21.7. The number of benzene rings is 2. The van der Waals surface area contributed by atoms with Gasteiger partial charge in [-0.1, -0.05) is 23.4 Å². The topological polar surface area (TPSA) is 81.1 Å². The van der Waals surface area contributed by atoms with Gasteiger partial charge in [-0.2, -0.15) is 0 Å². The summed E-state index contributed by atoms with van der Waals surface area (Å²) >= 11 is 0. The van der Waals surface area contributed by atoms with Crippen molar-refractivity contribution in [2.24, 2.45) is 0 Å². The average Bonchev–Trinajstić information content (AvgIpc) is 3.24. The summed E-state index contributed by atoms with van der Waals surface area (Å²) in [5.41, 5.74) is 1.77. The molecule has 158 valence electrons. The molecule has 7 nitrogen and oxygen atoms in total. The van der Waals surface area contributed by atoms with Crippen molar-refractivity contribution in [1.29, 1.82) is 0 Å². The number of ether oxygens (including phenoxy) is 1. The van der Waals surface area contributed by atoms with E-state index in [4.69, 9.17) is 4.74 Å². The zero-order valence-corrected chi connectivity index (χ0v) is 17.1. The maximum atomic E-state index is 13.2. The first-order valence-electron chi connectivity index (χ1n) is 9.58. The number of hydrogen-bond donors (Lipinski definition) is 2. The van der Waals surface area contributed by atoms with E-state index in [0.29, 0.717) is 11.4 Å². The molecule has 0 spiro atoms. The van der Waals surface area contributed by atoms with Crippen LogP contribution >= 0.6 is 12.4 Å². The molecule has 0 atom stereocenters. The number of rotatable bonds is 6. The quantitative estimate of drug-likeness (QED) is 0.623. The van der Waals surface area contributed by atoms with Crippen LogP contribution in [-0.2, 0) is 6.61 Å². The lowest BCUT2D eigenvalue weighted by molar-refractivity contribution is 0.102. The third kappa shape index (κ3) is 5.55. The van der Waals surface area contributed by atoms with Gasteiger partial charge in [-0.15, -0.1) is 17.5 Å². The molecule has 30 heavy (non-hydrogen) atoms. The standard InChI is InChI=1S/C21H22FN5O2.ClH/c22-16-4-2-6-19(12-16)29-14-15-3-1-5-17(11-15)24-21(28)20-13-27(26-25-20)18-7-9-23-10-8-18;/h1-6,11-13,18,23H,7-10,14H2,(H,24,28);1H. The van der Waals surface area contributed by atoms with Crippen LogP contribution < -0.4 is 15.4 Å². The molecule has 0 radical (unpaired) electrons. The van der Waals surface area contributed by atoms with E-state index in [2.05, 4.69) is 20.9 Å². The number of carbonyl (C=O) groups is 1. The van der Waals surface area contributed by atoms with Crippen LogP contribution in [0.15, 0.2) is 54.7 Å². The fourth-order valence-electron chi connectivity index (χ4n) is 3.29. The van der Waals surface area contributed by atoms with E-state index in [1.54, 1.807) is 29.1 Å². The van der Waals surface area contributed by atoms with Crippen molar-refractivity contribution < 1.29 is 13.9 Å². The highest BCUT2D eigenvalue weighted by atomic mass is 35.5. The predicted molar refractivity (Wildman–Crippen MR) is 114 cm³/mol. The van der Waals surface area contributed by atoms with Crippen molar-refractivity contribution in [3.63, 3.8) is 0 Å². The number of halogens is 2. The molecule has 0 saturated carbocycles. The number of anilines is 1.